The summed E-state index contributed by atoms with van der Waals surface area (Å²) in [6, 6.07) is 8.50. The molecule has 9 nitrogen and oxygen atoms in total. The number of methoxy groups -OCH3 is 2. The van der Waals surface area contributed by atoms with Crippen molar-refractivity contribution in [3.05, 3.63) is 57.1 Å². The second-order valence-corrected chi connectivity index (χ2v) is 5.49. The van der Waals surface area contributed by atoms with E-state index in [1.54, 1.807) is 18.2 Å². The standard InChI is InChI=1S/C17H15ClN2O7/c1-25-13-4-3-5-14(26-2)16(13)17(22)27-9-15(21)19-10-6-7-11(18)12(8-10)20(23)24/h3-8H,9H2,1-2H3,(H,19,21). The van der Waals surface area contributed by atoms with Gasteiger partial charge in [-0.2, -0.15) is 0 Å². The Balaban J connectivity index is 2.05. The smallest absolute Gasteiger partial charge is 0.346 e. The minimum atomic E-state index is -0.818. The summed E-state index contributed by atoms with van der Waals surface area (Å²) in [6.07, 6.45) is 0. The molecule has 142 valence electrons. The first-order valence-corrected chi connectivity index (χ1v) is 7.87. The fourth-order valence-electron chi connectivity index (χ4n) is 2.18. The van der Waals surface area contributed by atoms with Crippen molar-refractivity contribution in [2.24, 2.45) is 0 Å². The minimum Gasteiger partial charge on any atom is -0.496 e. The third-order valence-electron chi connectivity index (χ3n) is 3.39. The van der Waals surface area contributed by atoms with E-state index in [0.717, 1.165) is 6.07 Å². The molecule has 0 unspecified atom stereocenters. The van der Waals surface area contributed by atoms with Crippen LogP contribution in [0.15, 0.2) is 36.4 Å². The number of nitrogens with one attached hydrogen (secondary N) is 1. The molecule has 0 aromatic heterocycles. The highest BCUT2D eigenvalue weighted by Gasteiger charge is 2.21. The molecule has 0 aliphatic heterocycles. The Bertz CT molecular complexity index is 863. The van der Waals surface area contributed by atoms with Crippen molar-refractivity contribution in [2.75, 3.05) is 26.1 Å². The fourth-order valence-corrected chi connectivity index (χ4v) is 2.37. The molecule has 1 N–H and O–H groups in total. The van der Waals surface area contributed by atoms with E-state index in [2.05, 4.69) is 5.32 Å². The fraction of sp³-hybridized carbons (Fsp3) is 0.176. The molecule has 10 heteroatoms. The van der Waals surface area contributed by atoms with Gasteiger partial charge in [-0.1, -0.05) is 17.7 Å². The number of esters is 1. The van der Waals surface area contributed by atoms with Crippen molar-refractivity contribution < 1.29 is 28.7 Å². The van der Waals surface area contributed by atoms with Gasteiger partial charge >= 0.3 is 5.97 Å². The van der Waals surface area contributed by atoms with Gasteiger partial charge in [-0.25, -0.2) is 4.79 Å². The van der Waals surface area contributed by atoms with Gasteiger partial charge in [0.05, 0.1) is 19.1 Å². The molecule has 0 fully saturated rings. The van der Waals surface area contributed by atoms with Crippen LogP contribution in [0.5, 0.6) is 11.5 Å². The molecule has 0 atom stereocenters. The lowest BCUT2D eigenvalue weighted by molar-refractivity contribution is -0.384. The Morgan fingerprint density at radius 1 is 1.15 bits per heavy atom. The summed E-state index contributed by atoms with van der Waals surface area (Å²) in [7, 11) is 2.76. The predicted octanol–water partition coefficient (Wildman–Crippen LogP) is 3.06. The van der Waals surface area contributed by atoms with Crippen molar-refractivity contribution >= 4 is 34.9 Å². The van der Waals surface area contributed by atoms with E-state index in [1.807, 2.05) is 0 Å². The summed E-state index contributed by atoms with van der Waals surface area (Å²) in [5.74, 6) is -1.04. The first kappa shape index (κ1) is 20.0. The zero-order chi connectivity index (χ0) is 20.0. The van der Waals surface area contributed by atoms with Gasteiger partial charge in [-0.05, 0) is 24.3 Å². The van der Waals surface area contributed by atoms with Gasteiger partial charge in [-0.3, -0.25) is 14.9 Å². The normalized spacial score (nSPS) is 10.0. The summed E-state index contributed by atoms with van der Waals surface area (Å²) in [5.41, 5.74) is -0.176. The van der Waals surface area contributed by atoms with E-state index < -0.39 is 23.4 Å². The zero-order valence-corrected chi connectivity index (χ0v) is 15.1. The van der Waals surface area contributed by atoms with Gasteiger partial charge in [0.15, 0.2) is 6.61 Å². The van der Waals surface area contributed by atoms with Gasteiger partial charge in [0.1, 0.15) is 22.1 Å². The first-order chi connectivity index (χ1) is 12.9. The van der Waals surface area contributed by atoms with E-state index in [-0.39, 0.29) is 33.5 Å². The van der Waals surface area contributed by atoms with E-state index in [4.69, 9.17) is 25.8 Å². The Kier molecular flexibility index (Phi) is 6.56. The van der Waals surface area contributed by atoms with E-state index in [1.165, 1.54) is 26.4 Å². The zero-order valence-electron chi connectivity index (χ0n) is 14.4. The summed E-state index contributed by atoms with van der Waals surface area (Å²) in [5, 5.41) is 13.2. The van der Waals surface area contributed by atoms with Crippen LogP contribution < -0.4 is 14.8 Å². The number of carbonyl (C=O) groups is 2. The topological polar surface area (TPSA) is 117 Å². The number of halogens is 1. The molecule has 0 aliphatic carbocycles. The van der Waals surface area contributed by atoms with Crippen LogP contribution >= 0.6 is 11.6 Å². The third kappa shape index (κ3) is 4.85. The SMILES string of the molecule is COc1cccc(OC)c1C(=O)OCC(=O)Nc1ccc(Cl)c([N+](=O)[O-])c1. The molecule has 0 spiro atoms. The Labute approximate surface area is 158 Å². The second-order valence-electron chi connectivity index (χ2n) is 5.09. The van der Waals surface area contributed by atoms with Gasteiger partial charge in [0.25, 0.3) is 11.6 Å². The highest BCUT2D eigenvalue weighted by Crippen LogP contribution is 2.29. The Morgan fingerprint density at radius 2 is 1.78 bits per heavy atom. The number of benzene rings is 2. The molecule has 2 aromatic carbocycles. The number of ether oxygens (including phenoxy) is 3. The van der Waals surface area contributed by atoms with Crippen molar-refractivity contribution in [3.8, 4) is 11.5 Å². The number of nitro groups is 1. The summed E-state index contributed by atoms with van der Waals surface area (Å²) in [6.45, 7) is -0.615. The van der Waals surface area contributed by atoms with Crippen molar-refractivity contribution in [1.29, 1.82) is 0 Å². The highest BCUT2D eigenvalue weighted by atomic mass is 35.5. The van der Waals surface area contributed by atoms with Gasteiger partial charge in [0.2, 0.25) is 0 Å². The molecule has 2 aromatic rings. The van der Waals surface area contributed by atoms with Crippen molar-refractivity contribution in [2.45, 2.75) is 0 Å². The number of amides is 1. The lowest BCUT2D eigenvalue weighted by atomic mass is 10.2. The number of carbonyl (C=O) groups excluding carboxylic acids is 2. The summed E-state index contributed by atoms with van der Waals surface area (Å²) >= 11 is 5.71. The number of rotatable bonds is 7. The average Bonchev–Trinajstić information content (AvgIpc) is 2.66. The summed E-state index contributed by atoms with van der Waals surface area (Å²) < 4.78 is 15.2. The van der Waals surface area contributed by atoms with Crippen LogP contribution in [0.3, 0.4) is 0 Å². The molecular weight excluding hydrogens is 380 g/mol. The maximum atomic E-state index is 12.3. The van der Waals surface area contributed by atoms with Gasteiger partial charge in [-0.15, -0.1) is 0 Å². The van der Waals surface area contributed by atoms with Crippen LogP contribution in [0.25, 0.3) is 0 Å². The maximum absolute atomic E-state index is 12.3. The molecule has 0 saturated carbocycles. The second kappa shape index (κ2) is 8.86. The number of nitro benzene ring substituents is 1. The number of hydrogen-bond donors (Lipinski definition) is 1. The molecule has 0 aliphatic rings. The van der Waals surface area contributed by atoms with Crippen molar-refractivity contribution in [1.82, 2.24) is 0 Å². The first-order valence-electron chi connectivity index (χ1n) is 7.49. The van der Waals surface area contributed by atoms with Crippen LogP contribution in [-0.2, 0) is 9.53 Å². The molecule has 0 radical (unpaired) electrons. The van der Waals surface area contributed by atoms with Crippen LogP contribution in [0, 0.1) is 10.1 Å². The van der Waals surface area contributed by atoms with Crippen LogP contribution in [0.1, 0.15) is 10.4 Å². The van der Waals surface area contributed by atoms with Crippen LogP contribution in [-0.4, -0.2) is 37.6 Å². The number of nitrogens with zero attached hydrogens (tertiary/aromatic N) is 1. The summed E-state index contributed by atoms with van der Waals surface area (Å²) in [4.78, 5) is 34.4. The van der Waals surface area contributed by atoms with Crippen LogP contribution in [0.4, 0.5) is 11.4 Å². The number of hydrogen-bond acceptors (Lipinski definition) is 7. The van der Waals surface area contributed by atoms with E-state index in [9.17, 15) is 19.7 Å². The van der Waals surface area contributed by atoms with E-state index >= 15 is 0 Å². The highest BCUT2D eigenvalue weighted by molar-refractivity contribution is 6.32. The van der Waals surface area contributed by atoms with Crippen LogP contribution in [0.2, 0.25) is 5.02 Å². The van der Waals surface area contributed by atoms with Crippen molar-refractivity contribution in [3.63, 3.8) is 0 Å². The lowest BCUT2D eigenvalue weighted by Gasteiger charge is -2.12. The minimum absolute atomic E-state index is 0.0393. The lowest BCUT2D eigenvalue weighted by Crippen LogP contribution is -2.21. The molecule has 0 bridgehead atoms. The van der Waals surface area contributed by atoms with Gasteiger partial charge < -0.3 is 19.5 Å². The predicted molar refractivity (Wildman–Crippen MR) is 96.6 cm³/mol. The quantitative estimate of drug-likeness (QED) is 0.435. The third-order valence-corrected chi connectivity index (χ3v) is 3.71. The monoisotopic (exact) mass is 394 g/mol. The van der Waals surface area contributed by atoms with Gasteiger partial charge in [0, 0.05) is 11.8 Å². The van der Waals surface area contributed by atoms with E-state index in [0.29, 0.717) is 0 Å². The molecule has 0 saturated heterocycles. The average molecular weight is 395 g/mol. The molecule has 0 heterocycles. The Morgan fingerprint density at radius 3 is 2.33 bits per heavy atom. The molecule has 1 amide bonds. The largest absolute Gasteiger partial charge is 0.496 e. The number of anilines is 1. The maximum Gasteiger partial charge on any atom is 0.346 e. The molecule has 2 rings (SSSR count). The molecular formula is C17H15ClN2O7. The molecule has 27 heavy (non-hydrogen) atoms. The Hall–Kier alpha value is -3.33.